The first kappa shape index (κ1) is 11.5. The van der Waals surface area contributed by atoms with Crippen LogP contribution in [0.25, 0.3) is 0 Å². The van der Waals surface area contributed by atoms with E-state index in [1.807, 2.05) is 14.0 Å². The van der Waals surface area contributed by atoms with Gasteiger partial charge in [-0.3, -0.25) is 4.79 Å². The molecule has 1 aliphatic carbocycles. The van der Waals surface area contributed by atoms with E-state index < -0.39 is 0 Å². The Hall–Kier alpha value is -0.610. The largest absolute Gasteiger partial charge is 0.391 e. The minimum atomic E-state index is -0.347. The summed E-state index contributed by atoms with van der Waals surface area (Å²) in [5, 5.41) is 15.2. The Labute approximate surface area is 85.1 Å². The van der Waals surface area contributed by atoms with E-state index in [0.717, 1.165) is 12.8 Å². The first-order valence-electron chi connectivity index (χ1n) is 5.25. The fourth-order valence-corrected chi connectivity index (χ4v) is 1.43. The highest BCUT2D eigenvalue weighted by molar-refractivity contribution is 5.78. The molecule has 2 unspecified atom stereocenters. The molecule has 1 rings (SSSR count). The Morgan fingerprint density at radius 1 is 1.50 bits per heavy atom. The number of rotatable bonds is 6. The van der Waals surface area contributed by atoms with Crippen molar-refractivity contribution in [1.29, 1.82) is 0 Å². The lowest BCUT2D eigenvalue weighted by Gasteiger charge is -2.14. The molecule has 0 saturated heterocycles. The summed E-state index contributed by atoms with van der Waals surface area (Å²) in [5.74, 6) is 0.403. The topological polar surface area (TPSA) is 61.4 Å². The van der Waals surface area contributed by atoms with Crippen molar-refractivity contribution < 1.29 is 9.90 Å². The van der Waals surface area contributed by atoms with Crippen LogP contribution in [-0.2, 0) is 4.79 Å². The first-order chi connectivity index (χ1) is 6.65. The average molecular weight is 200 g/mol. The molecule has 0 heterocycles. The summed E-state index contributed by atoms with van der Waals surface area (Å²) >= 11 is 0. The molecule has 3 N–H and O–H groups in total. The van der Waals surface area contributed by atoms with E-state index in [1.54, 1.807) is 0 Å². The van der Waals surface area contributed by atoms with E-state index in [0.29, 0.717) is 19.0 Å². The number of hydrogen-bond donors (Lipinski definition) is 3. The molecular weight excluding hydrogens is 180 g/mol. The van der Waals surface area contributed by atoms with Crippen LogP contribution in [0.2, 0.25) is 0 Å². The summed E-state index contributed by atoms with van der Waals surface area (Å²) in [6.45, 7) is 2.94. The van der Waals surface area contributed by atoms with Gasteiger partial charge in [-0.1, -0.05) is 6.92 Å². The van der Waals surface area contributed by atoms with Gasteiger partial charge in [0.1, 0.15) is 0 Å². The minimum Gasteiger partial charge on any atom is -0.391 e. The van der Waals surface area contributed by atoms with E-state index in [2.05, 4.69) is 10.6 Å². The Morgan fingerprint density at radius 3 is 2.64 bits per heavy atom. The highest BCUT2D eigenvalue weighted by Crippen LogP contribution is 2.32. The first-order valence-corrected chi connectivity index (χ1v) is 5.25. The summed E-state index contributed by atoms with van der Waals surface area (Å²) in [6, 6.07) is 0. The number of hydrogen-bond acceptors (Lipinski definition) is 3. The van der Waals surface area contributed by atoms with E-state index in [-0.39, 0.29) is 17.9 Å². The van der Waals surface area contributed by atoms with Crippen molar-refractivity contribution in [2.45, 2.75) is 25.9 Å². The lowest BCUT2D eigenvalue weighted by Crippen LogP contribution is -2.39. The molecule has 0 bridgehead atoms. The quantitative estimate of drug-likeness (QED) is 0.553. The fraction of sp³-hybridized carbons (Fsp3) is 0.900. The molecule has 0 aromatic carbocycles. The Balaban J connectivity index is 2.12. The van der Waals surface area contributed by atoms with Crippen molar-refractivity contribution in [2.24, 2.45) is 11.8 Å². The molecule has 1 fully saturated rings. The van der Waals surface area contributed by atoms with Gasteiger partial charge in [0.15, 0.2) is 0 Å². The maximum absolute atomic E-state index is 11.4. The Bertz CT molecular complexity index is 193. The van der Waals surface area contributed by atoms with Gasteiger partial charge in [0.2, 0.25) is 5.91 Å². The predicted molar refractivity (Wildman–Crippen MR) is 54.8 cm³/mol. The van der Waals surface area contributed by atoms with Gasteiger partial charge in [-0.2, -0.15) is 0 Å². The van der Waals surface area contributed by atoms with Crippen molar-refractivity contribution in [3.63, 3.8) is 0 Å². The standard InChI is InChI=1S/C10H20N2O2/c1-7(5-11-2)10(14)12-6-9(13)8-3-4-8/h7-9,11,13H,3-6H2,1-2H3,(H,12,14). The number of nitrogens with one attached hydrogen (secondary N) is 2. The van der Waals surface area contributed by atoms with E-state index in [1.165, 1.54) is 0 Å². The number of carbonyl (C=O) groups is 1. The lowest BCUT2D eigenvalue weighted by atomic mass is 10.1. The zero-order valence-corrected chi connectivity index (χ0v) is 8.92. The number of aliphatic hydroxyl groups is 1. The van der Waals surface area contributed by atoms with Crippen LogP contribution in [0.3, 0.4) is 0 Å². The fourth-order valence-electron chi connectivity index (χ4n) is 1.43. The molecule has 4 heteroatoms. The number of amides is 1. The predicted octanol–water partition coefficient (Wildman–Crippen LogP) is -0.271. The third-order valence-corrected chi connectivity index (χ3v) is 2.61. The molecule has 2 atom stereocenters. The highest BCUT2D eigenvalue weighted by atomic mass is 16.3. The highest BCUT2D eigenvalue weighted by Gasteiger charge is 2.29. The summed E-state index contributed by atoms with van der Waals surface area (Å²) in [7, 11) is 1.82. The number of aliphatic hydroxyl groups excluding tert-OH is 1. The van der Waals surface area contributed by atoms with Gasteiger partial charge < -0.3 is 15.7 Å². The molecule has 0 aliphatic heterocycles. The zero-order valence-electron chi connectivity index (χ0n) is 8.92. The van der Waals surface area contributed by atoms with Crippen LogP contribution >= 0.6 is 0 Å². The van der Waals surface area contributed by atoms with Crippen LogP contribution in [0, 0.1) is 11.8 Å². The van der Waals surface area contributed by atoms with Crippen LogP contribution in [0.1, 0.15) is 19.8 Å². The number of carbonyl (C=O) groups excluding carboxylic acids is 1. The second-order valence-electron chi connectivity index (χ2n) is 4.11. The lowest BCUT2D eigenvalue weighted by molar-refractivity contribution is -0.124. The molecule has 82 valence electrons. The van der Waals surface area contributed by atoms with E-state index >= 15 is 0 Å². The van der Waals surface area contributed by atoms with Crippen molar-refractivity contribution in [1.82, 2.24) is 10.6 Å². The second kappa shape index (κ2) is 5.32. The molecule has 0 radical (unpaired) electrons. The van der Waals surface area contributed by atoms with Gasteiger partial charge >= 0.3 is 0 Å². The molecule has 14 heavy (non-hydrogen) atoms. The van der Waals surface area contributed by atoms with Crippen LogP contribution in [-0.4, -0.2) is 37.3 Å². The third kappa shape index (κ3) is 3.64. The van der Waals surface area contributed by atoms with Gasteiger partial charge in [-0.15, -0.1) is 0 Å². The van der Waals surface area contributed by atoms with Crippen molar-refractivity contribution in [3.05, 3.63) is 0 Å². The average Bonchev–Trinajstić information content (AvgIpc) is 2.97. The summed E-state index contributed by atoms with van der Waals surface area (Å²) in [6.07, 6.45) is 1.85. The molecule has 0 aromatic heterocycles. The molecule has 1 aliphatic rings. The SMILES string of the molecule is CNCC(C)C(=O)NCC(O)C1CC1. The monoisotopic (exact) mass is 200 g/mol. The third-order valence-electron chi connectivity index (χ3n) is 2.61. The van der Waals surface area contributed by atoms with Crippen molar-refractivity contribution in [3.8, 4) is 0 Å². The zero-order chi connectivity index (χ0) is 10.6. The van der Waals surface area contributed by atoms with E-state index in [4.69, 9.17) is 0 Å². The summed E-state index contributed by atoms with van der Waals surface area (Å²) in [4.78, 5) is 11.4. The molecule has 1 amide bonds. The van der Waals surface area contributed by atoms with Gasteiger partial charge in [-0.05, 0) is 25.8 Å². The molecule has 0 spiro atoms. The van der Waals surface area contributed by atoms with Gasteiger partial charge in [0.25, 0.3) is 0 Å². The molecule has 0 aromatic rings. The van der Waals surface area contributed by atoms with Gasteiger partial charge in [-0.25, -0.2) is 0 Å². The van der Waals surface area contributed by atoms with Gasteiger partial charge in [0, 0.05) is 19.0 Å². The summed E-state index contributed by atoms with van der Waals surface area (Å²) < 4.78 is 0. The molecule has 4 nitrogen and oxygen atoms in total. The van der Waals surface area contributed by atoms with Gasteiger partial charge in [0.05, 0.1) is 6.10 Å². The smallest absolute Gasteiger partial charge is 0.224 e. The van der Waals surface area contributed by atoms with Crippen LogP contribution < -0.4 is 10.6 Å². The Morgan fingerprint density at radius 2 is 2.14 bits per heavy atom. The van der Waals surface area contributed by atoms with Crippen LogP contribution in [0.15, 0.2) is 0 Å². The second-order valence-corrected chi connectivity index (χ2v) is 4.11. The minimum absolute atomic E-state index is 0.0130. The van der Waals surface area contributed by atoms with Crippen molar-refractivity contribution >= 4 is 5.91 Å². The molecule has 1 saturated carbocycles. The summed E-state index contributed by atoms with van der Waals surface area (Å²) in [5.41, 5.74) is 0. The van der Waals surface area contributed by atoms with E-state index in [9.17, 15) is 9.90 Å². The maximum atomic E-state index is 11.4. The Kier molecular flexibility index (Phi) is 4.35. The normalized spacial score (nSPS) is 20.2. The van der Waals surface area contributed by atoms with Crippen LogP contribution in [0.4, 0.5) is 0 Å². The maximum Gasteiger partial charge on any atom is 0.224 e. The molecular formula is C10H20N2O2. The van der Waals surface area contributed by atoms with Crippen LogP contribution in [0.5, 0.6) is 0 Å². The van der Waals surface area contributed by atoms with Crippen molar-refractivity contribution in [2.75, 3.05) is 20.1 Å².